The van der Waals surface area contributed by atoms with Crippen LogP contribution in [0.15, 0.2) is 11.8 Å². The van der Waals surface area contributed by atoms with Crippen molar-refractivity contribution in [3.63, 3.8) is 0 Å². The number of hydrazine groups is 1. The van der Waals surface area contributed by atoms with Crippen LogP contribution in [0.1, 0.15) is 58.8 Å². The van der Waals surface area contributed by atoms with Crippen LogP contribution in [-0.2, 0) is 4.74 Å². The molecular formula is C15H28N2O. The van der Waals surface area contributed by atoms with Crippen molar-refractivity contribution < 1.29 is 4.74 Å². The molecule has 2 rings (SSSR count). The summed E-state index contributed by atoms with van der Waals surface area (Å²) < 4.78 is 5.52. The van der Waals surface area contributed by atoms with Crippen LogP contribution in [0.3, 0.4) is 0 Å². The Labute approximate surface area is 111 Å². The van der Waals surface area contributed by atoms with Gasteiger partial charge in [-0.05, 0) is 49.0 Å². The van der Waals surface area contributed by atoms with Crippen LogP contribution in [0.4, 0.5) is 0 Å². The second-order valence-corrected chi connectivity index (χ2v) is 6.43. The molecule has 1 aliphatic heterocycles. The topological polar surface area (TPSA) is 47.3 Å². The first-order valence-electron chi connectivity index (χ1n) is 7.44. The highest BCUT2D eigenvalue weighted by Gasteiger charge is 2.43. The van der Waals surface area contributed by atoms with Gasteiger partial charge in [0.2, 0.25) is 0 Å². The number of hydrogen-bond acceptors (Lipinski definition) is 3. The molecule has 1 saturated carbocycles. The summed E-state index contributed by atoms with van der Waals surface area (Å²) in [5.41, 5.74) is 4.85. The molecule has 104 valence electrons. The summed E-state index contributed by atoms with van der Waals surface area (Å²) in [6.45, 7) is 5.50. The monoisotopic (exact) mass is 252 g/mol. The highest BCUT2D eigenvalue weighted by atomic mass is 16.5. The van der Waals surface area contributed by atoms with Gasteiger partial charge in [-0.3, -0.25) is 11.3 Å². The van der Waals surface area contributed by atoms with Gasteiger partial charge in [0.1, 0.15) is 0 Å². The van der Waals surface area contributed by atoms with Crippen molar-refractivity contribution in [1.29, 1.82) is 0 Å². The van der Waals surface area contributed by atoms with Gasteiger partial charge in [0.05, 0.1) is 18.9 Å². The summed E-state index contributed by atoms with van der Waals surface area (Å²) in [4.78, 5) is 0. The van der Waals surface area contributed by atoms with Crippen molar-refractivity contribution in [2.24, 2.45) is 17.2 Å². The summed E-state index contributed by atoms with van der Waals surface area (Å²) >= 11 is 0. The average molecular weight is 252 g/mol. The normalized spacial score (nSPS) is 24.8. The van der Waals surface area contributed by atoms with E-state index < -0.39 is 0 Å². The van der Waals surface area contributed by atoms with Crippen LogP contribution in [0.2, 0.25) is 0 Å². The Bertz CT molecular complexity index is 293. The first-order valence-corrected chi connectivity index (χ1v) is 7.44. The Morgan fingerprint density at radius 3 is 2.56 bits per heavy atom. The summed E-state index contributed by atoms with van der Waals surface area (Å²) in [5.74, 6) is 6.62. The van der Waals surface area contributed by atoms with Gasteiger partial charge in [-0.1, -0.05) is 26.7 Å². The minimum atomic E-state index is 0.308. The van der Waals surface area contributed by atoms with Crippen LogP contribution in [0.5, 0.6) is 0 Å². The Hall–Kier alpha value is -0.540. The summed E-state index contributed by atoms with van der Waals surface area (Å²) in [7, 11) is 0. The molecule has 0 aromatic heterocycles. The molecule has 1 atom stereocenters. The fourth-order valence-electron chi connectivity index (χ4n) is 3.98. The molecule has 2 aliphatic rings. The molecule has 0 bridgehead atoms. The quantitative estimate of drug-likeness (QED) is 0.584. The molecule has 0 radical (unpaired) electrons. The van der Waals surface area contributed by atoms with E-state index in [0.717, 1.165) is 25.4 Å². The van der Waals surface area contributed by atoms with Gasteiger partial charge >= 0.3 is 0 Å². The van der Waals surface area contributed by atoms with Crippen molar-refractivity contribution in [3.05, 3.63) is 11.8 Å². The van der Waals surface area contributed by atoms with Gasteiger partial charge < -0.3 is 4.74 Å². The van der Waals surface area contributed by atoms with E-state index in [1.807, 2.05) is 6.26 Å². The Kier molecular flexibility index (Phi) is 4.68. The molecule has 3 heteroatoms. The molecule has 0 saturated heterocycles. The number of nitrogens with two attached hydrogens (primary N) is 1. The van der Waals surface area contributed by atoms with Gasteiger partial charge in [-0.2, -0.15) is 0 Å². The molecule has 0 spiro atoms. The van der Waals surface area contributed by atoms with Crippen LogP contribution in [0, 0.1) is 11.3 Å². The van der Waals surface area contributed by atoms with E-state index in [1.165, 1.54) is 37.7 Å². The lowest BCUT2D eigenvalue weighted by Crippen LogP contribution is -2.49. The largest absolute Gasteiger partial charge is 0.501 e. The molecule has 18 heavy (non-hydrogen) atoms. The predicted molar refractivity (Wildman–Crippen MR) is 74.7 cm³/mol. The van der Waals surface area contributed by atoms with Crippen molar-refractivity contribution in [1.82, 2.24) is 5.43 Å². The first kappa shape index (κ1) is 13.9. The maximum absolute atomic E-state index is 5.90. The third-order valence-corrected chi connectivity index (χ3v) is 4.53. The molecule has 1 fully saturated rings. The molecule has 3 N–H and O–H groups in total. The van der Waals surface area contributed by atoms with Gasteiger partial charge in [0, 0.05) is 0 Å². The highest BCUT2D eigenvalue weighted by Crippen LogP contribution is 2.48. The minimum Gasteiger partial charge on any atom is -0.501 e. The third-order valence-electron chi connectivity index (χ3n) is 4.53. The van der Waals surface area contributed by atoms with Gasteiger partial charge in [0.25, 0.3) is 0 Å². The maximum atomic E-state index is 5.90. The number of rotatable bonds is 5. The smallest absolute Gasteiger partial charge is 0.0876 e. The van der Waals surface area contributed by atoms with E-state index in [0.29, 0.717) is 11.5 Å². The lowest BCUT2D eigenvalue weighted by molar-refractivity contribution is 0.155. The number of ether oxygens (including phenoxy) is 1. The highest BCUT2D eigenvalue weighted by molar-refractivity contribution is 5.16. The van der Waals surface area contributed by atoms with E-state index in [2.05, 4.69) is 19.3 Å². The Balaban J connectivity index is 2.18. The van der Waals surface area contributed by atoms with Gasteiger partial charge in [0.15, 0.2) is 0 Å². The van der Waals surface area contributed by atoms with Crippen LogP contribution < -0.4 is 11.3 Å². The zero-order valence-corrected chi connectivity index (χ0v) is 11.9. The fraction of sp³-hybridized carbons (Fsp3) is 0.867. The van der Waals surface area contributed by atoms with E-state index in [1.54, 1.807) is 0 Å². The molecule has 0 aromatic carbocycles. The molecule has 1 aliphatic carbocycles. The van der Waals surface area contributed by atoms with Gasteiger partial charge in [-0.25, -0.2) is 0 Å². The lowest BCUT2D eigenvalue weighted by Gasteiger charge is -2.40. The summed E-state index contributed by atoms with van der Waals surface area (Å²) in [6.07, 6.45) is 10.8. The van der Waals surface area contributed by atoms with Crippen LogP contribution >= 0.6 is 0 Å². The molecule has 0 aromatic rings. The zero-order valence-electron chi connectivity index (χ0n) is 11.9. The zero-order chi connectivity index (χ0) is 13.0. The fourth-order valence-corrected chi connectivity index (χ4v) is 3.98. The molecule has 1 heterocycles. The second kappa shape index (κ2) is 6.07. The van der Waals surface area contributed by atoms with E-state index in [4.69, 9.17) is 10.6 Å². The predicted octanol–water partition coefficient (Wildman–Crippen LogP) is 3.12. The lowest BCUT2D eigenvalue weighted by atomic mass is 9.70. The van der Waals surface area contributed by atoms with Crippen molar-refractivity contribution >= 4 is 0 Å². The molecule has 1 unspecified atom stereocenters. The van der Waals surface area contributed by atoms with Crippen molar-refractivity contribution in [3.8, 4) is 0 Å². The van der Waals surface area contributed by atoms with Crippen molar-refractivity contribution in [2.45, 2.75) is 64.8 Å². The van der Waals surface area contributed by atoms with E-state index >= 15 is 0 Å². The van der Waals surface area contributed by atoms with Gasteiger partial charge in [-0.15, -0.1) is 0 Å². The maximum Gasteiger partial charge on any atom is 0.0876 e. The number of hydrogen-bond donors (Lipinski definition) is 2. The first-order chi connectivity index (χ1) is 8.68. The van der Waals surface area contributed by atoms with E-state index in [-0.39, 0.29) is 0 Å². The van der Waals surface area contributed by atoms with Crippen LogP contribution in [0.25, 0.3) is 0 Å². The Morgan fingerprint density at radius 1 is 1.33 bits per heavy atom. The number of nitrogens with one attached hydrogen (secondary N) is 1. The molecule has 3 nitrogen and oxygen atoms in total. The SMILES string of the molecule is CC(C)CC1(C(NN)C2=COCCC2)CCCC1. The second-order valence-electron chi connectivity index (χ2n) is 6.43. The minimum absolute atomic E-state index is 0.308. The van der Waals surface area contributed by atoms with Crippen molar-refractivity contribution in [2.75, 3.05) is 6.61 Å². The Morgan fingerprint density at radius 2 is 2.06 bits per heavy atom. The standard InChI is InChI=1S/C15H28N2O/c1-12(2)10-15(7-3-4-8-15)14(17-16)13-6-5-9-18-11-13/h11-12,14,17H,3-10,16H2,1-2H3. The average Bonchev–Trinajstić information content (AvgIpc) is 2.79. The van der Waals surface area contributed by atoms with Crippen LogP contribution in [-0.4, -0.2) is 12.6 Å². The summed E-state index contributed by atoms with van der Waals surface area (Å²) in [6, 6.07) is 0.308. The molecular weight excluding hydrogens is 224 g/mol. The third kappa shape index (κ3) is 2.89. The molecule has 0 amide bonds. The van der Waals surface area contributed by atoms with E-state index in [9.17, 15) is 0 Å². The summed E-state index contributed by atoms with van der Waals surface area (Å²) in [5, 5.41) is 0.